The second kappa shape index (κ2) is 7.62. The highest BCUT2D eigenvalue weighted by Crippen LogP contribution is 2.32. The first-order chi connectivity index (χ1) is 9.17. The van der Waals surface area contributed by atoms with Gasteiger partial charge in [0.1, 0.15) is 6.10 Å². The number of nitrogens with zero attached hydrogens (tertiary/aromatic N) is 1. The Morgan fingerprint density at radius 1 is 1.40 bits per heavy atom. The summed E-state index contributed by atoms with van der Waals surface area (Å²) in [6.07, 6.45) is -0.382. The third-order valence-electron chi connectivity index (χ3n) is 3.98. The van der Waals surface area contributed by atoms with Gasteiger partial charge in [0, 0.05) is 26.1 Å². The normalized spacial score (nSPS) is 23.2. The van der Waals surface area contributed by atoms with Gasteiger partial charge in [-0.15, -0.1) is 12.4 Å². The number of nitrogens with two attached hydrogens (primary N) is 1. The molecule has 2 rings (SSSR count). The lowest BCUT2D eigenvalue weighted by Crippen LogP contribution is -2.37. The Balaban J connectivity index is 0.00000200. The van der Waals surface area contributed by atoms with Crippen LogP contribution in [0.2, 0.25) is 0 Å². The first kappa shape index (κ1) is 17.0. The third-order valence-corrected chi connectivity index (χ3v) is 3.98. The van der Waals surface area contributed by atoms with Gasteiger partial charge in [0.2, 0.25) is 0 Å². The predicted octanol–water partition coefficient (Wildman–Crippen LogP) is 1.64. The fraction of sp³-hybridized carbons (Fsp3) is 0.533. The van der Waals surface area contributed by atoms with Gasteiger partial charge in [-0.05, 0) is 24.9 Å². The Bertz CT molecular complexity index is 427. The van der Waals surface area contributed by atoms with Crippen molar-refractivity contribution in [3.63, 3.8) is 0 Å². The number of amides is 1. The van der Waals surface area contributed by atoms with Crippen LogP contribution in [-0.4, -0.2) is 43.7 Å². The van der Waals surface area contributed by atoms with Crippen molar-refractivity contribution >= 4 is 18.3 Å². The molecule has 1 aromatic rings. The number of benzene rings is 1. The van der Waals surface area contributed by atoms with E-state index in [0.717, 1.165) is 13.1 Å². The molecule has 1 fully saturated rings. The fourth-order valence-electron chi connectivity index (χ4n) is 2.73. The van der Waals surface area contributed by atoms with Crippen molar-refractivity contribution in [2.75, 3.05) is 26.7 Å². The van der Waals surface area contributed by atoms with Crippen LogP contribution in [-0.2, 0) is 9.53 Å². The van der Waals surface area contributed by atoms with Crippen molar-refractivity contribution in [2.45, 2.75) is 18.9 Å². The van der Waals surface area contributed by atoms with Crippen LogP contribution in [0.1, 0.15) is 18.4 Å². The second-order valence-corrected chi connectivity index (χ2v) is 5.13. The first-order valence-corrected chi connectivity index (χ1v) is 6.74. The van der Waals surface area contributed by atoms with Crippen molar-refractivity contribution in [1.82, 2.24) is 4.90 Å². The largest absolute Gasteiger partial charge is 0.372 e. The Morgan fingerprint density at radius 2 is 2.05 bits per heavy atom. The number of likely N-dealkylation sites (tertiary alicyclic amines) is 1. The summed E-state index contributed by atoms with van der Waals surface area (Å²) in [6, 6.07) is 10.3. The molecule has 1 aliphatic rings. The molecule has 1 aromatic carbocycles. The number of hydrogen-bond donors (Lipinski definition) is 1. The number of halogens is 1. The molecule has 0 aromatic heterocycles. The highest BCUT2D eigenvalue weighted by Gasteiger charge is 2.36. The molecule has 1 unspecified atom stereocenters. The minimum absolute atomic E-state index is 0. The Morgan fingerprint density at radius 3 is 2.60 bits per heavy atom. The minimum Gasteiger partial charge on any atom is -0.372 e. The van der Waals surface area contributed by atoms with Gasteiger partial charge in [0.25, 0.3) is 5.91 Å². The quantitative estimate of drug-likeness (QED) is 0.919. The van der Waals surface area contributed by atoms with Crippen LogP contribution in [0.15, 0.2) is 30.3 Å². The van der Waals surface area contributed by atoms with E-state index in [0.29, 0.717) is 18.4 Å². The van der Waals surface area contributed by atoms with Gasteiger partial charge in [-0.25, -0.2) is 0 Å². The van der Waals surface area contributed by atoms with E-state index < -0.39 is 0 Å². The molecule has 112 valence electrons. The van der Waals surface area contributed by atoms with E-state index in [2.05, 4.69) is 12.1 Å². The molecule has 20 heavy (non-hydrogen) atoms. The molecule has 4 nitrogen and oxygen atoms in total. The molecule has 0 spiro atoms. The van der Waals surface area contributed by atoms with Crippen LogP contribution >= 0.6 is 12.4 Å². The van der Waals surface area contributed by atoms with Crippen LogP contribution in [0.25, 0.3) is 0 Å². The highest BCUT2D eigenvalue weighted by molar-refractivity contribution is 5.85. The van der Waals surface area contributed by atoms with Crippen LogP contribution in [0.5, 0.6) is 0 Å². The maximum absolute atomic E-state index is 12.2. The average molecular weight is 299 g/mol. The van der Waals surface area contributed by atoms with Gasteiger partial charge in [0.15, 0.2) is 0 Å². The maximum atomic E-state index is 12.2. The molecule has 0 bridgehead atoms. The van der Waals surface area contributed by atoms with Crippen molar-refractivity contribution < 1.29 is 9.53 Å². The average Bonchev–Trinajstić information content (AvgIpc) is 2.90. The summed E-state index contributed by atoms with van der Waals surface area (Å²) in [5, 5.41) is 0. The molecule has 3 atom stereocenters. The monoisotopic (exact) mass is 298 g/mol. The van der Waals surface area contributed by atoms with Crippen molar-refractivity contribution in [3.05, 3.63) is 35.9 Å². The van der Waals surface area contributed by atoms with E-state index in [-0.39, 0.29) is 24.4 Å². The molecular formula is C15H23ClN2O2. The van der Waals surface area contributed by atoms with Gasteiger partial charge < -0.3 is 15.4 Å². The number of carbonyl (C=O) groups excluding carboxylic acids is 1. The maximum Gasteiger partial charge on any atom is 0.251 e. The van der Waals surface area contributed by atoms with E-state index >= 15 is 0 Å². The molecule has 1 heterocycles. The standard InChI is InChI=1S/C15H22N2O2.ClH/c1-11(19-2)15(18)17-9-13(8-16)14(10-17)12-6-4-3-5-7-12;/h3-7,11,13-14H,8-10,16H2,1-2H3;1H/t11?,13-,14+;/m1./s1. The highest BCUT2D eigenvalue weighted by atomic mass is 35.5. The summed E-state index contributed by atoms with van der Waals surface area (Å²) >= 11 is 0. The zero-order valence-corrected chi connectivity index (χ0v) is 12.8. The van der Waals surface area contributed by atoms with Crippen LogP contribution in [0, 0.1) is 5.92 Å². The van der Waals surface area contributed by atoms with E-state index in [1.165, 1.54) is 5.56 Å². The van der Waals surface area contributed by atoms with Crippen molar-refractivity contribution in [2.24, 2.45) is 11.7 Å². The molecule has 5 heteroatoms. The van der Waals surface area contributed by atoms with Gasteiger partial charge in [0.05, 0.1) is 0 Å². The summed E-state index contributed by atoms with van der Waals surface area (Å²) in [6.45, 7) is 3.85. The number of ether oxygens (including phenoxy) is 1. The summed E-state index contributed by atoms with van der Waals surface area (Å²) in [5.41, 5.74) is 7.13. The smallest absolute Gasteiger partial charge is 0.251 e. The predicted molar refractivity (Wildman–Crippen MR) is 82.0 cm³/mol. The lowest BCUT2D eigenvalue weighted by atomic mass is 9.89. The zero-order valence-electron chi connectivity index (χ0n) is 12.0. The lowest BCUT2D eigenvalue weighted by molar-refractivity contribution is -0.139. The summed E-state index contributed by atoms with van der Waals surface area (Å²) in [5.74, 6) is 0.717. The number of rotatable bonds is 4. The van der Waals surface area contributed by atoms with Gasteiger partial charge >= 0.3 is 0 Å². The molecule has 0 radical (unpaired) electrons. The summed E-state index contributed by atoms with van der Waals surface area (Å²) in [7, 11) is 1.56. The zero-order chi connectivity index (χ0) is 13.8. The fourth-order valence-corrected chi connectivity index (χ4v) is 2.73. The van der Waals surface area contributed by atoms with Crippen LogP contribution < -0.4 is 5.73 Å². The van der Waals surface area contributed by atoms with E-state index in [1.54, 1.807) is 14.0 Å². The Kier molecular flexibility index (Phi) is 6.46. The van der Waals surface area contributed by atoms with Gasteiger partial charge in [-0.3, -0.25) is 4.79 Å². The van der Waals surface area contributed by atoms with Gasteiger partial charge in [-0.2, -0.15) is 0 Å². The lowest BCUT2D eigenvalue weighted by Gasteiger charge is -2.20. The second-order valence-electron chi connectivity index (χ2n) is 5.13. The van der Waals surface area contributed by atoms with Crippen LogP contribution in [0.3, 0.4) is 0 Å². The number of carbonyl (C=O) groups is 1. The molecule has 1 aliphatic heterocycles. The molecule has 0 aliphatic carbocycles. The van der Waals surface area contributed by atoms with Gasteiger partial charge in [-0.1, -0.05) is 30.3 Å². The topological polar surface area (TPSA) is 55.6 Å². The molecule has 2 N–H and O–H groups in total. The Labute approximate surface area is 126 Å². The summed E-state index contributed by atoms with van der Waals surface area (Å²) in [4.78, 5) is 14.1. The first-order valence-electron chi connectivity index (χ1n) is 6.74. The van der Waals surface area contributed by atoms with Crippen molar-refractivity contribution in [1.29, 1.82) is 0 Å². The molecule has 1 amide bonds. The van der Waals surface area contributed by atoms with E-state index in [9.17, 15) is 4.79 Å². The van der Waals surface area contributed by atoms with E-state index in [4.69, 9.17) is 10.5 Å². The molecule has 0 saturated carbocycles. The molecular weight excluding hydrogens is 276 g/mol. The minimum atomic E-state index is -0.382. The Hall–Kier alpha value is -1.10. The number of hydrogen-bond acceptors (Lipinski definition) is 3. The number of methoxy groups -OCH3 is 1. The third kappa shape index (κ3) is 3.51. The van der Waals surface area contributed by atoms with E-state index in [1.807, 2.05) is 23.1 Å². The SMILES string of the molecule is COC(C)C(=O)N1C[C@@H](CN)[C@H](c2ccccc2)C1.Cl. The molecule has 1 saturated heterocycles. The van der Waals surface area contributed by atoms with Crippen molar-refractivity contribution in [3.8, 4) is 0 Å². The summed E-state index contributed by atoms with van der Waals surface area (Å²) < 4.78 is 5.11. The van der Waals surface area contributed by atoms with Crippen LogP contribution in [0.4, 0.5) is 0 Å².